The lowest BCUT2D eigenvalue weighted by Crippen LogP contribution is -2.45. The lowest BCUT2D eigenvalue weighted by molar-refractivity contribution is 0.612. The van der Waals surface area contributed by atoms with Gasteiger partial charge in [-0.2, -0.15) is 11.8 Å². The van der Waals surface area contributed by atoms with Crippen molar-refractivity contribution in [3.05, 3.63) is 29.6 Å². The van der Waals surface area contributed by atoms with Crippen LogP contribution in [0, 0.1) is 5.82 Å². The number of hydrogen-bond donors (Lipinski definition) is 1. The summed E-state index contributed by atoms with van der Waals surface area (Å²) in [5.41, 5.74) is 7.81. The zero-order chi connectivity index (χ0) is 13.1. The third kappa shape index (κ3) is 2.81. The van der Waals surface area contributed by atoms with Crippen molar-refractivity contribution in [2.75, 3.05) is 23.7 Å². The van der Waals surface area contributed by atoms with Crippen molar-refractivity contribution in [3.8, 4) is 0 Å². The molecule has 0 aliphatic carbocycles. The van der Waals surface area contributed by atoms with Crippen LogP contribution in [0.5, 0.6) is 0 Å². The van der Waals surface area contributed by atoms with Crippen LogP contribution in [0.15, 0.2) is 18.2 Å². The van der Waals surface area contributed by atoms with E-state index in [1.807, 2.05) is 17.8 Å². The SMILES string of the molecule is CC1SCCN(c2ccc(F)cc2CCN)C1C. The van der Waals surface area contributed by atoms with Crippen molar-refractivity contribution in [2.45, 2.75) is 31.6 Å². The highest BCUT2D eigenvalue weighted by molar-refractivity contribution is 8.00. The van der Waals surface area contributed by atoms with Crippen LogP contribution in [0.2, 0.25) is 0 Å². The zero-order valence-corrected chi connectivity index (χ0v) is 11.8. The molecule has 0 amide bonds. The van der Waals surface area contributed by atoms with E-state index in [0.29, 0.717) is 17.8 Å². The van der Waals surface area contributed by atoms with Gasteiger partial charge in [0, 0.05) is 29.3 Å². The Hall–Kier alpha value is -0.740. The van der Waals surface area contributed by atoms with Gasteiger partial charge in [-0.15, -0.1) is 0 Å². The molecule has 1 fully saturated rings. The molecule has 2 atom stereocenters. The van der Waals surface area contributed by atoms with E-state index in [0.717, 1.165) is 30.0 Å². The van der Waals surface area contributed by atoms with E-state index < -0.39 is 0 Å². The number of benzene rings is 1. The van der Waals surface area contributed by atoms with E-state index in [1.54, 1.807) is 12.1 Å². The van der Waals surface area contributed by atoms with E-state index in [1.165, 1.54) is 0 Å². The van der Waals surface area contributed by atoms with Gasteiger partial charge in [0.05, 0.1) is 0 Å². The molecule has 1 aliphatic heterocycles. The molecule has 18 heavy (non-hydrogen) atoms. The monoisotopic (exact) mass is 268 g/mol. The Morgan fingerprint density at radius 2 is 2.22 bits per heavy atom. The normalized spacial score (nSPS) is 24.3. The number of thioether (sulfide) groups is 1. The smallest absolute Gasteiger partial charge is 0.123 e. The minimum Gasteiger partial charge on any atom is -0.367 e. The summed E-state index contributed by atoms with van der Waals surface area (Å²) in [4.78, 5) is 2.39. The Morgan fingerprint density at radius 1 is 1.44 bits per heavy atom. The lowest BCUT2D eigenvalue weighted by Gasteiger charge is -2.40. The number of nitrogens with zero attached hydrogens (tertiary/aromatic N) is 1. The number of nitrogens with two attached hydrogens (primary N) is 1. The van der Waals surface area contributed by atoms with E-state index in [-0.39, 0.29) is 5.82 Å². The molecule has 2 N–H and O–H groups in total. The van der Waals surface area contributed by atoms with Crippen molar-refractivity contribution in [1.29, 1.82) is 0 Å². The molecule has 2 rings (SSSR count). The van der Waals surface area contributed by atoms with E-state index in [9.17, 15) is 4.39 Å². The average Bonchev–Trinajstić information content (AvgIpc) is 2.34. The van der Waals surface area contributed by atoms with Crippen molar-refractivity contribution < 1.29 is 4.39 Å². The molecule has 4 heteroatoms. The summed E-state index contributed by atoms with van der Waals surface area (Å²) in [7, 11) is 0. The molecule has 0 saturated carbocycles. The van der Waals surface area contributed by atoms with Crippen LogP contribution in [0.3, 0.4) is 0 Å². The first kappa shape index (κ1) is 13.7. The molecule has 100 valence electrons. The van der Waals surface area contributed by atoms with Gasteiger partial charge < -0.3 is 10.6 Å². The van der Waals surface area contributed by atoms with Gasteiger partial charge in [0.15, 0.2) is 0 Å². The van der Waals surface area contributed by atoms with Crippen molar-refractivity contribution in [1.82, 2.24) is 0 Å². The summed E-state index contributed by atoms with van der Waals surface area (Å²) in [5.74, 6) is 0.958. The fraction of sp³-hybridized carbons (Fsp3) is 0.571. The van der Waals surface area contributed by atoms with Gasteiger partial charge in [-0.3, -0.25) is 0 Å². The highest BCUT2D eigenvalue weighted by atomic mass is 32.2. The first-order valence-corrected chi connectivity index (χ1v) is 7.55. The van der Waals surface area contributed by atoms with Crippen LogP contribution in [0.25, 0.3) is 0 Å². The van der Waals surface area contributed by atoms with Crippen LogP contribution < -0.4 is 10.6 Å². The number of anilines is 1. The topological polar surface area (TPSA) is 29.3 Å². The number of hydrogen-bond acceptors (Lipinski definition) is 3. The first-order valence-electron chi connectivity index (χ1n) is 6.50. The summed E-state index contributed by atoms with van der Waals surface area (Å²) >= 11 is 2.01. The number of halogens is 1. The summed E-state index contributed by atoms with van der Waals surface area (Å²) in [6.45, 7) is 6.09. The maximum absolute atomic E-state index is 13.3. The van der Waals surface area contributed by atoms with Crippen molar-refractivity contribution >= 4 is 17.4 Å². The van der Waals surface area contributed by atoms with E-state index in [2.05, 4.69) is 18.7 Å². The van der Waals surface area contributed by atoms with Gasteiger partial charge in [-0.05, 0) is 43.7 Å². The molecule has 0 spiro atoms. The van der Waals surface area contributed by atoms with Crippen LogP contribution in [0.1, 0.15) is 19.4 Å². The summed E-state index contributed by atoms with van der Waals surface area (Å²) in [5, 5.41) is 0.606. The van der Waals surface area contributed by atoms with E-state index in [4.69, 9.17) is 5.73 Å². The molecule has 1 aromatic carbocycles. The predicted octanol–water partition coefficient (Wildman–Crippen LogP) is 2.66. The average molecular weight is 268 g/mol. The Morgan fingerprint density at radius 3 is 2.94 bits per heavy atom. The maximum Gasteiger partial charge on any atom is 0.123 e. The first-order chi connectivity index (χ1) is 8.63. The minimum absolute atomic E-state index is 0.172. The van der Waals surface area contributed by atoms with Gasteiger partial charge in [-0.25, -0.2) is 4.39 Å². The Balaban J connectivity index is 2.31. The van der Waals surface area contributed by atoms with Gasteiger partial charge >= 0.3 is 0 Å². The Kier molecular flexibility index (Phi) is 4.51. The largest absolute Gasteiger partial charge is 0.367 e. The quantitative estimate of drug-likeness (QED) is 0.914. The predicted molar refractivity (Wildman–Crippen MR) is 77.9 cm³/mol. The molecular weight excluding hydrogens is 247 g/mol. The molecule has 1 aliphatic rings. The highest BCUT2D eigenvalue weighted by Crippen LogP contribution is 2.31. The molecule has 0 bridgehead atoms. The van der Waals surface area contributed by atoms with Crippen LogP contribution in [0.4, 0.5) is 10.1 Å². The molecule has 2 unspecified atom stereocenters. The van der Waals surface area contributed by atoms with E-state index >= 15 is 0 Å². The maximum atomic E-state index is 13.3. The molecule has 1 heterocycles. The second kappa shape index (κ2) is 5.93. The molecule has 0 radical (unpaired) electrons. The fourth-order valence-electron chi connectivity index (χ4n) is 2.46. The molecule has 0 aromatic heterocycles. The summed E-state index contributed by atoms with van der Waals surface area (Å²) in [6.07, 6.45) is 0.734. The van der Waals surface area contributed by atoms with Gasteiger partial charge in [0.1, 0.15) is 5.82 Å². The van der Waals surface area contributed by atoms with Crippen LogP contribution >= 0.6 is 11.8 Å². The standard InChI is InChI=1S/C14H21FN2S/c1-10-11(2)18-8-7-17(10)14-4-3-13(15)9-12(14)5-6-16/h3-4,9-11H,5-8,16H2,1-2H3. The third-order valence-corrected chi connectivity index (χ3v) is 4.99. The molecular formula is C14H21FN2S. The molecule has 2 nitrogen and oxygen atoms in total. The lowest BCUT2D eigenvalue weighted by atomic mass is 10.1. The van der Waals surface area contributed by atoms with Gasteiger partial charge in [0.2, 0.25) is 0 Å². The molecule has 1 aromatic rings. The van der Waals surface area contributed by atoms with Crippen LogP contribution in [-0.4, -0.2) is 30.1 Å². The van der Waals surface area contributed by atoms with Crippen molar-refractivity contribution in [2.24, 2.45) is 5.73 Å². The fourth-order valence-corrected chi connectivity index (χ4v) is 3.56. The van der Waals surface area contributed by atoms with Crippen LogP contribution in [-0.2, 0) is 6.42 Å². The third-order valence-electron chi connectivity index (χ3n) is 3.65. The second-order valence-corrected chi connectivity index (χ2v) is 6.31. The summed E-state index contributed by atoms with van der Waals surface area (Å²) in [6, 6.07) is 5.56. The highest BCUT2D eigenvalue weighted by Gasteiger charge is 2.26. The Labute approximate surface area is 113 Å². The summed E-state index contributed by atoms with van der Waals surface area (Å²) < 4.78 is 13.3. The molecule has 1 saturated heterocycles. The van der Waals surface area contributed by atoms with Crippen molar-refractivity contribution in [3.63, 3.8) is 0 Å². The second-order valence-electron chi connectivity index (χ2n) is 4.82. The Bertz CT molecular complexity index is 411. The number of rotatable bonds is 3. The minimum atomic E-state index is -0.172. The van der Waals surface area contributed by atoms with Gasteiger partial charge in [-0.1, -0.05) is 6.92 Å². The van der Waals surface area contributed by atoms with Gasteiger partial charge in [0.25, 0.3) is 0 Å². The zero-order valence-electron chi connectivity index (χ0n) is 11.0.